The molecule has 130 valence electrons. The molecule has 0 aliphatic heterocycles. The van der Waals surface area contributed by atoms with Crippen molar-refractivity contribution in [2.24, 2.45) is 0 Å². The van der Waals surface area contributed by atoms with Gasteiger partial charge < -0.3 is 5.32 Å². The largest absolute Gasteiger partial charge is 0.350 e. The maximum atomic E-state index is 13.0. The maximum absolute atomic E-state index is 13.0. The van der Waals surface area contributed by atoms with Crippen LogP contribution in [-0.2, 0) is 11.3 Å². The quantitative estimate of drug-likeness (QED) is 0.797. The molecule has 25 heavy (non-hydrogen) atoms. The Balaban J connectivity index is 2.11. The average molecular weight is 338 g/mol. The van der Waals surface area contributed by atoms with Crippen LogP contribution in [0.4, 0.5) is 0 Å². The highest BCUT2D eigenvalue weighted by atomic mass is 16.2. The van der Waals surface area contributed by atoms with Gasteiger partial charge in [-0.25, -0.2) is 14.3 Å². The summed E-state index contributed by atoms with van der Waals surface area (Å²) in [7, 11) is 0. The Bertz CT molecular complexity index is 975. The van der Waals surface area contributed by atoms with E-state index in [9.17, 15) is 9.59 Å². The number of imidazole rings is 1. The number of carbonyl (C=O) groups excluding carboxylic acids is 1. The zero-order valence-electron chi connectivity index (χ0n) is 14.9. The molecule has 3 aromatic rings. The molecule has 1 amide bonds. The molecule has 1 N–H and O–H groups in total. The second-order valence-electron chi connectivity index (χ2n) is 7.18. The Morgan fingerprint density at radius 2 is 1.84 bits per heavy atom. The Kier molecular flexibility index (Phi) is 4.20. The first-order valence-electron chi connectivity index (χ1n) is 8.20. The van der Waals surface area contributed by atoms with Crippen LogP contribution >= 0.6 is 0 Å². The van der Waals surface area contributed by atoms with E-state index in [4.69, 9.17) is 0 Å². The van der Waals surface area contributed by atoms with Crippen molar-refractivity contribution in [1.29, 1.82) is 0 Å². The number of hydrogen-bond acceptors (Lipinski definition) is 3. The van der Waals surface area contributed by atoms with Crippen molar-refractivity contribution >= 4 is 17.1 Å². The second kappa shape index (κ2) is 6.20. The highest BCUT2D eigenvalue weighted by Gasteiger charge is 2.19. The van der Waals surface area contributed by atoms with Crippen LogP contribution in [-0.4, -0.2) is 25.6 Å². The van der Waals surface area contributed by atoms with Gasteiger partial charge >= 0.3 is 5.69 Å². The number of aromatic nitrogens is 3. The summed E-state index contributed by atoms with van der Waals surface area (Å²) < 4.78 is 3.00. The maximum Gasteiger partial charge on any atom is 0.335 e. The first-order valence-corrected chi connectivity index (χ1v) is 8.20. The lowest BCUT2D eigenvalue weighted by atomic mass is 10.1. The lowest BCUT2D eigenvalue weighted by Gasteiger charge is -2.20. The molecule has 0 spiro atoms. The molecule has 6 heteroatoms. The van der Waals surface area contributed by atoms with Crippen LogP contribution in [0.25, 0.3) is 16.9 Å². The zero-order chi connectivity index (χ0) is 18.2. The second-order valence-corrected chi connectivity index (χ2v) is 7.18. The van der Waals surface area contributed by atoms with Gasteiger partial charge in [0.1, 0.15) is 6.54 Å². The summed E-state index contributed by atoms with van der Waals surface area (Å²) in [6, 6.07) is 11.2. The van der Waals surface area contributed by atoms with Crippen molar-refractivity contribution in [3.63, 3.8) is 0 Å². The number of amides is 1. The summed E-state index contributed by atoms with van der Waals surface area (Å²) in [6.07, 6.45) is 1.64. The van der Waals surface area contributed by atoms with Crippen LogP contribution in [0.2, 0.25) is 0 Å². The zero-order valence-corrected chi connectivity index (χ0v) is 14.9. The van der Waals surface area contributed by atoms with Crippen LogP contribution in [0, 0.1) is 6.92 Å². The molecule has 2 heterocycles. The van der Waals surface area contributed by atoms with E-state index >= 15 is 0 Å². The van der Waals surface area contributed by atoms with E-state index in [0.29, 0.717) is 11.2 Å². The fraction of sp³-hybridized carbons (Fsp3) is 0.316. The van der Waals surface area contributed by atoms with E-state index in [1.807, 2.05) is 52.0 Å². The Morgan fingerprint density at radius 3 is 2.48 bits per heavy atom. The van der Waals surface area contributed by atoms with Crippen LogP contribution < -0.4 is 11.0 Å². The SMILES string of the molecule is Cc1ccc(-n2c(=O)n(CC(=O)NC(C)(C)C)c3cccnc32)cc1. The summed E-state index contributed by atoms with van der Waals surface area (Å²) in [5, 5.41) is 2.89. The third kappa shape index (κ3) is 3.47. The summed E-state index contributed by atoms with van der Waals surface area (Å²) in [5.74, 6) is -0.207. The Hall–Kier alpha value is -2.89. The van der Waals surface area contributed by atoms with Crippen molar-refractivity contribution < 1.29 is 4.79 Å². The minimum absolute atomic E-state index is 0.0445. The number of hydrogen-bond donors (Lipinski definition) is 1. The molecule has 0 fully saturated rings. The molecule has 0 unspecified atom stereocenters. The van der Waals surface area contributed by atoms with Gasteiger partial charge in [-0.2, -0.15) is 0 Å². The summed E-state index contributed by atoms with van der Waals surface area (Å²) >= 11 is 0. The fourth-order valence-electron chi connectivity index (χ4n) is 2.77. The van der Waals surface area contributed by atoms with E-state index in [0.717, 1.165) is 11.3 Å². The molecule has 0 aliphatic carbocycles. The van der Waals surface area contributed by atoms with Crippen molar-refractivity contribution in [3.8, 4) is 5.69 Å². The van der Waals surface area contributed by atoms with Crippen LogP contribution in [0.15, 0.2) is 47.4 Å². The van der Waals surface area contributed by atoms with E-state index in [1.54, 1.807) is 22.9 Å². The topological polar surface area (TPSA) is 68.9 Å². The Labute approximate surface area is 146 Å². The van der Waals surface area contributed by atoms with Crippen LogP contribution in [0.5, 0.6) is 0 Å². The highest BCUT2D eigenvalue weighted by molar-refractivity contribution is 5.80. The molecular formula is C19H22N4O2. The number of fused-ring (bicyclic) bond motifs is 1. The molecule has 0 aliphatic rings. The molecular weight excluding hydrogens is 316 g/mol. The number of carbonyl (C=O) groups is 1. The highest BCUT2D eigenvalue weighted by Crippen LogP contribution is 2.16. The average Bonchev–Trinajstić information content (AvgIpc) is 2.79. The molecule has 0 atom stereocenters. The van der Waals surface area contributed by atoms with Crippen molar-refractivity contribution in [2.75, 3.05) is 0 Å². The standard InChI is InChI=1S/C19H22N4O2/c1-13-7-9-14(10-8-13)23-17-15(6-5-11-20-17)22(18(23)25)12-16(24)21-19(2,3)4/h5-11H,12H2,1-4H3,(H,21,24). The number of nitrogens with zero attached hydrogens (tertiary/aromatic N) is 3. The van der Waals surface area contributed by atoms with Crippen molar-refractivity contribution in [2.45, 2.75) is 39.8 Å². The predicted molar refractivity (Wildman–Crippen MR) is 98.0 cm³/mol. The first-order chi connectivity index (χ1) is 11.8. The number of pyridine rings is 1. The van der Waals surface area contributed by atoms with Crippen LogP contribution in [0.1, 0.15) is 26.3 Å². The van der Waals surface area contributed by atoms with Gasteiger partial charge in [-0.1, -0.05) is 17.7 Å². The normalized spacial score (nSPS) is 11.7. The van der Waals surface area contributed by atoms with Crippen molar-refractivity contribution in [1.82, 2.24) is 19.4 Å². The van der Waals surface area contributed by atoms with Gasteiger partial charge in [0.2, 0.25) is 5.91 Å². The smallest absolute Gasteiger partial charge is 0.335 e. The van der Waals surface area contributed by atoms with Gasteiger partial charge in [0, 0.05) is 11.7 Å². The van der Waals surface area contributed by atoms with Gasteiger partial charge in [-0.15, -0.1) is 0 Å². The van der Waals surface area contributed by atoms with Gasteiger partial charge in [0.25, 0.3) is 0 Å². The van der Waals surface area contributed by atoms with Gasteiger partial charge in [-0.3, -0.25) is 9.36 Å². The lowest BCUT2D eigenvalue weighted by molar-refractivity contribution is -0.123. The monoisotopic (exact) mass is 338 g/mol. The minimum Gasteiger partial charge on any atom is -0.350 e. The molecule has 2 aromatic heterocycles. The molecule has 1 aromatic carbocycles. The summed E-state index contributed by atoms with van der Waals surface area (Å²) in [4.78, 5) is 29.6. The summed E-state index contributed by atoms with van der Waals surface area (Å²) in [6.45, 7) is 7.67. The van der Waals surface area contributed by atoms with E-state index in [-0.39, 0.29) is 23.7 Å². The molecule has 0 saturated heterocycles. The molecule has 0 bridgehead atoms. The summed E-state index contributed by atoms with van der Waals surface area (Å²) in [5.41, 5.74) is 2.39. The van der Waals surface area contributed by atoms with Gasteiger partial charge in [-0.05, 0) is 52.0 Å². The molecule has 6 nitrogen and oxygen atoms in total. The van der Waals surface area contributed by atoms with Crippen molar-refractivity contribution in [3.05, 3.63) is 58.6 Å². The number of aryl methyl sites for hydroxylation is 1. The molecule has 0 radical (unpaired) electrons. The number of benzene rings is 1. The van der Waals surface area contributed by atoms with Gasteiger partial charge in [0.05, 0.1) is 11.2 Å². The molecule has 0 saturated carbocycles. The number of nitrogens with one attached hydrogen (secondary N) is 1. The molecule has 3 rings (SSSR count). The van der Waals surface area contributed by atoms with E-state index < -0.39 is 0 Å². The third-order valence-corrected chi connectivity index (χ3v) is 3.80. The lowest BCUT2D eigenvalue weighted by Crippen LogP contribution is -2.43. The van der Waals surface area contributed by atoms with E-state index in [2.05, 4.69) is 10.3 Å². The number of rotatable bonds is 3. The van der Waals surface area contributed by atoms with Crippen LogP contribution in [0.3, 0.4) is 0 Å². The predicted octanol–water partition coefficient (Wildman–Crippen LogP) is 2.41. The first kappa shape index (κ1) is 17.0. The fourth-order valence-corrected chi connectivity index (χ4v) is 2.77. The van der Waals surface area contributed by atoms with Gasteiger partial charge in [0.15, 0.2) is 5.65 Å². The minimum atomic E-state index is -0.353. The Morgan fingerprint density at radius 1 is 1.16 bits per heavy atom. The van der Waals surface area contributed by atoms with E-state index in [1.165, 1.54) is 4.57 Å². The third-order valence-electron chi connectivity index (χ3n) is 3.80.